The minimum atomic E-state index is 0.385. The number of hydrogen-bond donors (Lipinski definition) is 0. The van der Waals surface area contributed by atoms with E-state index in [2.05, 4.69) is 14.1 Å². The van der Waals surface area contributed by atoms with Gasteiger partial charge in [-0.3, -0.25) is 4.79 Å². The van der Waals surface area contributed by atoms with Gasteiger partial charge in [-0.25, -0.2) is 0 Å². The predicted octanol–water partition coefficient (Wildman–Crippen LogP) is 1.65. The highest BCUT2D eigenvalue weighted by molar-refractivity contribution is 7.17. The van der Waals surface area contributed by atoms with Crippen molar-refractivity contribution in [3.8, 4) is 0 Å². The summed E-state index contributed by atoms with van der Waals surface area (Å²) in [6, 6.07) is 0. The number of amides is 1. The van der Waals surface area contributed by atoms with Gasteiger partial charge in [-0.05, 0) is 31.3 Å². The van der Waals surface area contributed by atoms with E-state index in [1.165, 1.54) is 19.3 Å². The van der Waals surface area contributed by atoms with Crippen molar-refractivity contribution in [1.82, 2.24) is 4.90 Å². The van der Waals surface area contributed by atoms with E-state index in [1.807, 2.05) is 0 Å². The molecule has 3 heteroatoms. The number of piperidine rings is 1. The Bertz CT molecular complexity index is 203. The first kappa shape index (κ1) is 9.45. The van der Waals surface area contributed by atoms with Crippen molar-refractivity contribution >= 4 is 15.1 Å². The number of carbonyl (C=O) groups is 1. The van der Waals surface area contributed by atoms with E-state index < -0.39 is 0 Å². The second kappa shape index (κ2) is 3.96. The first-order valence-corrected chi connectivity index (χ1v) is 5.98. The zero-order valence-corrected chi connectivity index (χ0v) is 9.19. The lowest BCUT2D eigenvalue weighted by atomic mass is 9.84. The molecule has 0 aromatic carbocycles. The van der Waals surface area contributed by atoms with Gasteiger partial charge in [0.15, 0.2) is 0 Å². The van der Waals surface area contributed by atoms with Crippen molar-refractivity contribution in [2.75, 3.05) is 13.1 Å². The number of rotatable bonds is 1. The number of carbonyl (C=O) groups excluding carboxylic acids is 1. The Balaban J connectivity index is 1.87. The van der Waals surface area contributed by atoms with Crippen molar-refractivity contribution < 1.29 is 4.79 Å². The Morgan fingerprint density at radius 1 is 1.23 bits per heavy atom. The van der Waals surface area contributed by atoms with Crippen LogP contribution in [0.1, 0.15) is 32.1 Å². The Kier molecular flexibility index (Phi) is 2.88. The summed E-state index contributed by atoms with van der Waals surface area (Å²) in [7, 11) is 2.85. The van der Waals surface area contributed by atoms with Gasteiger partial charge in [0, 0.05) is 19.0 Å². The SMILES string of the molecule is O=C(C1CCC1)N1CCCC(P)C1. The molecule has 0 aromatic heterocycles. The highest BCUT2D eigenvalue weighted by Gasteiger charge is 2.31. The zero-order valence-electron chi connectivity index (χ0n) is 8.04. The molecule has 2 atom stereocenters. The average Bonchev–Trinajstić information content (AvgIpc) is 2.01. The minimum Gasteiger partial charge on any atom is -0.342 e. The molecule has 0 N–H and O–H groups in total. The van der Waals surface area contributed by atoms with Crippen LogP contribution in [0.25, 0.3) is 0 Å². The molecule has 1 heterocycles. The molecule has 2 unspecified atom stereocenters. The summed E-state index contributed by atoms with van der Waals surface area (Å²) in [6.07, 6.45) is 5.98. The van der Waals surface area contributed by atoms with Crippen molar-refractivity contribution in [2.24, 2.45) is 5.92 Å². The molecule has 2 rings (SSSR count). The molecule has 1 amide bonds. The van der Waals surface area contributed by atoms with Crippen LogP contribution in [0.15, 0.2) is 0 Å². The third-order valence-electron chi connectivity index (χ3n) is 3.22. The molecule has 1 aliphatic heterocycles. The second-order valence-corrected chi connectivity index (χ2v) is 5.26. The molecule has 2 aliphatic rings. The molecule has 2 fully saturated rings. The number of likely N-dealkylation sites (tertiary alicyclic amines) is 1. The van der Waals surface area contributed by atoms with E-state index >= 15 is 0 Å². The molecular weight excluding hydrogens is 181 g/mol. The van der Waals surface area contributed by atoms with Gasteiger partial charge in [0.2, 0.25) is 5.91 Å². The molecule has 2 nitrogen and oxygen atoms in total. The second-order valence-electron chi connectivity index (χ2n) is 4.31. The van der Waals surface area contributed by atoms with Gasteiger partial charge in [-0.2, -0.15) is 0 Å². The molecule has 0 spiro atoms. The fourth-order valence-electron chi connectivity index (χ4n) is 2.12. The Morgan fingerprint density at radius 2 is 2.00 bits per heavy atom. The summed E-state index contributed by atoms with van der Waals surface area (Å²) in [5, 5.41) is 0. The van der Waals surface area contributed by atoms with Crippen LogP contribution in [0, 0.1) is 5.92 Å². The molecule has 1 saturated heterocycles. The summed E-state index contributed by atoms with van der Waals surface area (Å²) in [5.74, 6) is 0.814. The normalized spacial score (nSPS) is 29.9. The maximum Gasteiger partial charge on any atom is 0.225 e. The summed E-state index contributed by atoms with van der Waals surface area (Å²) < 4.78 is 0. The summed E-state index contributed by atoms with van der Waals surface area (Å²) in [5.41, 5.74) is 0.637. The lowest BCUT2D eigenvalue weighted by Gasteiger charge is -2.36. The van der Waals surface area contributed by atoms with Gasteiger partial charge in [0.05, 0.1) is 0 Å². The van der Waals surface area contributed by atoms with Crippen LogP contribution in [0.4, 0.5) is 0 Å². The van der Waals surface area contributed by atoms with Gasteiger partial charge in [0.25, 0.3) is 0 Å². The molecular formula is C10H18NOP. The monoisotopic (exact) mass is 199 g/mol. The highest BCUT2D eigenvalue weighted by Crippen LogP contribution is 2.29. The van der Waals surface area contributed by atoms with E-state index in [1.54, 1.807) is 0 Å². The van der Waals surface area contributed by atoms with Crippen molar-refractivity contribution in [3.05, 3.63) is 0 Å². The first-order valence-electron chi connectivity index (χ1n) is 5.32. The fraction of sp³-hybridized carbons (Fsp3) is 0.900. The standard InChI is InChI=1S/C10H18NOP/c12-10(8-3-1-4-8)11-6-2-5-9(13)7-11/h8-9H,1-7,13H2. The minimum absolute atomic E-state index is 0.385. The van der Waals surface area contributed by atoms with E-state index in [4.69, 9.17) is 0 Å². The lowest BCUT2D eigenvalue weighted by molar-refractivity contribution is -0.138. The molecule has 0 aromatic rings. The van der Waals surface area contributed by atoms with Crippen LogP contribution >= 0.6 is 9.24 Å². The average molecular weight is 199 g/mol. The summed E-state index contributed by atoms with van der Waals surface area (Å²) in [6.45, 7) is 1.97. The van der Waals surface area contributed by atoms with E-state index in [0.717, 1.165) is 25.9 Å². The Hall–Kier alpha value is -0.100. The largest absolute Gasteiger partial charge is 0.342 e. The summed E-state index contributed by atoms with van der Waals surface area (Å²) >= 11 is 0. The van der Waals surface area contributed by atoms with E-state index in [9.17, 15) is 4.79 Å². The van der Waals surface area contributed by atoms with Crippen LogP contribution in [0.5, 0.6) is 0 Å². The maximum atomic E-state index is 11.8. The van der Waals surface area contributed by atoms with Gasteiger partial charge >= 0.3 is 0 Å². The van der Waals surface area contributed by atoms with Gasteiger partial charge in [-0.1, -0.05) is 6.42 Å². The van der Waals surface area contributed by atoms with E-state index in [0.29, 0.717) is 17.5 Å². The molecule has 0 radical (unpaired) electrons. The Labute approximate surface area is 82.3 Å². The van der Waals surface area contributed by atoms with Crippen LogP contribution in [-0.4, -0.2) is 29.6 Å². The quantitative estimate of drug-likeness (QED) is 0.588. The van der Waals surface area contributed by atoms with Crippen LogP contribution in [0.3, 0.4) is 0 Å². The lowest BCUT2D eigenvalue weighted by Crippen LogP contribution is -2.44. The number of hydrogen-bond acceptors (Lipinski definition) is 1. The third kappa shape index (κ3) is 2.04. The van der Waals surface area contributed by atoms with Gasteiger partial charge < -0.3 is 4.90 Å². The number of nitrogens with zero attached hydrogens (tertiary/aromatic N) is 1. The van der Waals surface area contributed by atoms with Gasteiger partial charge in [-0.15, -0.1) is 9.24 Å². The predicted molar refractivity (Wildman–Crippen MR) is 56.7 cm³/mol. The molecule has 1 aliphatic carbocycles. The third-order valence-corrected chi connectivity index (χ3v) is 3.77. The zero-order chi connectivity index (χ0) is 9.26. The Morgan fingerprint density at radius 3 is 2.54 bits per heavy atom. The van der Waals surface area contributed by atoms with Crippen molar-refractivity contribution in [1.29, 1.82) is 0 Å². The van der Waals surface area contributed by atoms with Crippen molar-refractivity contribution in [3.63, 3.8) is 0 Å². The topological polar surface area (TPSA) is 20.3 Å². The van der Waals surface area contributed by atoms with Crippen molar-refractivity contribution in [2.45, 2.75) is 37.8 Å². The smallest absolute Gasteiger partial charge is 0.225 e. The van der Waals surface area contributed by atoms with Crippen LogP contribution < -0.4 is 0 Å². The molecule has 0 bridgehead atoms. The first-order chi connectivity index (χ1) is 6.27. The molecule has 74 valence electrons. The van der Waals surface area contributed by atoms with Crippen LogP contribution in [-0.2, 0) is 4.79 Å². The van der Waals surface area contributed by atoms with Crippen LogP contribution in [0.2, 0.25) is 0 Å². The highest BCUT2D eigenvalue weighted by atomic mass is 31.0. The van der Waals surface area contributed by atoms with Gasteiger partial charge in [0.1, 0.15) is 0 Å². The molecule has 13 heavy (non-hydrogen) atoms. The maximum absolute atomic E-state index is 11.8. The molecule has 1 saturated carbocycles. The fourth-order valence-corrected chi connectivity index (χ4v) is 2.61. The van der Waals surface area contributed by atoms with E-state index in [-0.39, 0.29) is 0 Å². The summed E-state index contributed by atoms with van der Waals surface area (Å²) in [4.78, 5) is 13.9.